The SMILES string of the molecule is CC1NC(=O)S(=O)N1. The lowest BCUT2D eigenvalue weighted by Crippen LogP contribution is -2.27. The Balaban J connectivity index is 2.64. The maximum absolute atomic E-state index is 10.4. The van der Waals surface area contributed by atoms with E-state index in [9.17, 15) is 9.00 Å². The van der Waals surface area contributed by atoms with Gasteiger partial charge >= 0.3 is 5.24 Å². The Hall–Kier alpha value is -0.420. The molecule has 0 spiro atoms. The number of carbonyl (C=O) groups is 1. The summed E-state index contributed by atoms with van der Waals surface area (Å²) < 4.78 is 12.9. The minimum atomic E-state index is -1.50. The maximum Gasteiger partial charge on any atom is 0.325 e. The zero-order valence-corrected chi connectivity index (χ0v) is 5.12. The summed E-state index contributed by atoms with van der Waals surface area (Å²) >= 11 is 0. The highest BCUT2D eigenvalue weighted by atomic mass is 32.2. The van der Waals surface area contributed by atoms with Crippen molar-refractivity contribution in [3.63, 3.8) is 0 Å². The van der Waals surface area contributed by atoms with Crippen LogP contribution >= 0.6 is 0 Å². The van der Waals surface area contributed by atoms with Crippen LogP contribution < -0.4 is 10.0 Å². The standard InChI is InChI=1S/C3H6N2O2S/c1-2-4-3(6)8(7)5-2/h2,5H,1H3,(H,4,6). The van der Waals surface area contributed by atoms with E-state index in [1.807, 2.05) is 0 Å². The van der Waals surface area contributed by atoms with Crippen LogP contribution in [0.15, 0.2) is 0 Å². The minimum Gasteiger partial charge on any atom is -0.328 e. The van der Waals surface area contributed by atoms with Gasteiger partial charge in [-0.15, -0.1) is 0 Å². The molecule has 1 amide bonds. The molecule has 0 aromatic carbocycles. The number of hydrogen-bond acceptors (Lipinski definition) is 2. The van der Waals surface area contributed by atoms with Gasteiger partial charge < -0.3 is 5.32 Å². The summed E-state index contributed by atoms with van der Waals surface area (Å²) in [5, 5.41) is 1.98. The molecule has 1 rings (SSSR count). The molecular formula is C3H6N2O2S. The third kappa shape index (κ3) is 0.873. The van der Waals surface area contributed by atoms with Crippen LogP contribution in [0, 0.1) is 0 Å². The van der Waals surface area contributed by atoms with E-state index in [1.54, 1.807) is 6.92 Å². The molecule has 0 aromatic rings. The number of rotatable bonds is 0. The molecule has 5 heteroatoms. The smallest absolute Gasteiger partial charge is 0.325 e. The van der Waals surface area contributed by atoms with Crippen LogP contribution in [0.1, 0.15) is 6.92 Å². The third-order valence-electron chi connectivity index (χ3n) is 0.787. The summed E-state index contributed by atoms with van der Waals surface area (Å²) in [5.74, 6) is 0. The molecule has 1 fully saturated rings. The lowest BCUT2D eigenvalue weighted by atomic mass is 10.6. The van der Waals surface area contributed by atoms with Gasteiger partial charge in [0.1, 0.15) is 0 Å². The van der Waals surface area contributed by atoms with Gasteiger partial charge in [0.2, 0.25) is 0 Å². The summed E-state index contributed by atoms with van der Waals surface area (Å²) in [4.78, 5) is 10.3. The molecule has 1 aliphatic heterocycles. The number of carbonyl (C=O) groups excluding carboxylic acids is 1. The Kier molecular flexibility index (Phi) is 1.31. The first-order valence-electron chi connectivity index (χ1n) is 2.18. The molecule has 1 heterocycles. The van der Waals surface area contributed by atoms with Crippen molar-refractivity contribution in [2.75, 3.05) is 0 Å². The Morgan fingerprint density at radius 3 is 2.50 bits per heavy atom. The second-order valence-corrected chi connectivity index (χ2v) is 2.68. The Bertz CT molecular complexity index is 130. The highest BCUT2D eigenvalue weighted by molar-refractivity contribution is 7.98. The molecule has 46 valence electrons. The molecule has 0 bridgehead atoms. The monoisotopic (exact) mass is 134 g/mol. The van der Waals surface area contributed by atoms with Gasteiger partial charge in [-0.3, -0.25) is 4.79 Å². The van der Waals surface area contributed by atoms with Crippen molar-refractivity contribution in [2.24, 2.45) is 0 Å². The summed E-state index contributed by atoms with van der Waals surface area (Å²) in [5.41, 5.74) is 0. The normalized spacial score (nSPS) is 37.4. The number of hydrogen-bond donors (Lipinski definition) is 2. The Morgan fingerprint density at radius 1 is 1.75 bits per heavy atom. The van der Waals surface area contributed by atoms with E-state index in [2.05, 4.69) is 10.0 Å². The summed E-state index contributed by atoms with van der Waals surface area (Å²) in [6, 6.07) is 0. The summed E-state index contributed by atoms with van der Waals surface area (Å²) in [6.45, 7) is 1.72. The first-order valence-corrected chi connectivity index (χ1v) is 3.33. The third-order valence-corrected chi connectivity index (χ3v) is 1.81. The van der Waals surface area contributed by atoms with Crippen molar-refractivity contribution in [3.05, 3.63) is 0 Å². The molecule has 4 nitrogen and oxygen atoms in total. The summed E-state index contributed by atoms with van der Waals surface area (Å²) in [6.07, 6.45) is -0.150. The largest absolute Gasteiger partial charge is 0.328 e. The van der Waals surface area contributed by atoms with Gasteiger partial charge in [-0.25, -0.2) is 8.93 Å². The average Bonchev–Trinajstić information content (AvgIpc) is 1.85. The van der Waals surface area contributed by atoms with Crippen molar-refractivity contribution in [1.82, 2.24) is 10.0 Å². The van der Waals surface area contributed by atoms with Crippen LogP contribution in [0.4, 0.5) is 4.79 Å². The maximum atomic E-state index is 10.4. The van der Waals surface area contributed by atoms with Crippen molar-refractivity contribution in [1.29, 1.82) is 0 Å². The lowest BCUT2D eigenvalue weighted by molar-refractivity contribution is 0.259. The van der Waals surface area contributed by atoms with Crippen molar-refractivity contribution in [2.45, 2.75) is 13.1 Å². The quantitative estimate of drug-likeness (QED) is 0.460. The fraction of sp³-hybridized carbons (Fsp3) is 0.667. The first-order chi connectivity index (χ1) is 3.70. The van der Waals surface area contributed by atoms with Gasteiger partial charge in [0.15, 0.2) is 11.0 Å². The molecule has 2 atom stereocenters. The predicted octanol–water partition coefficient (Wildman–Crippen LogP) is -0.691. The van der Waals surface area contributed by atoms with Crippen LogP contribution in [0.2, 0.25) is 0 Å². The van der Waals surface area contributed by atoms with Crippen molar-refractivity contribution >= 4 is 16.2 Å². The molecule has 1 aliphatic rings. The Morgan fingerprint density at radius 2 is 2.38 bits per heavy atom. The molecule has 0 saturated carbocycles. The zero-order valence-electron chi connectivity index (χ0n) is 4.30. The van der Waals surface area contributed by atoms with Gasteiger partial charge in [-0.05, 0) is 6.92 Å². The minimum absolute atomic E-state index is 0.150. The first kappa shape index (κ1) is 5.71. The van der Waals surface area contributed by atoms with Gasteiger partial charge in [-0.1, -0.05) is 0 Å². The molecule has 0 aliphatic carbocycles. The number of nitrogens with one attached hydrogen (secondary N) is 2. The lowest BCUT2D eigenvalue weighted by Gasteiger charge is -1.94. The van der Waals surface area contributed by atoms with Crippen LogP contribution in [0.3, 0.4) is 0 Å². The van der Waals surface area contributed by atoms with E-state index in [-0.39, 0.29) is 6.17 Å². The molecule has 8 heavy (non-hydrogen) atoms. The molecule has 0 aromatic heterocycles. The number of amides is 1. The predicted molar refractivity (Wildman–Crippen MR) is 29.3 cm³/mol. The highest BCUT2D eigenvalue weighted by Gasteiger charge is 2.23. The van der Waals surface area contributed by atoms with Gasteiger partial charge in [0, 0.05) is 0 Å². The molecule has 0 radical (unpaired) electrons. The van der Waals surface area contributed by atoms with E-state index in [1.165, 1.54) is 0 Å². The van der Waals surface area contributed by atoms with Gasteiger partial charge in [0.05, 0.1) is 6.17 Å². The van der Waals surface area contributed by atoms with Crippen molar-refractivity contribution < 1.29 is 9.00 Å². The van der Waals surface area contributed by atoms with E-state index >= 15 is 0 Å². The molecule has 2 N–H and O–H groups in total. The second kappa shape index (κ2) is 1.83. The van der Waals surface area contributed by atoms with E-state index in [0.717, 1.165) is 0 Å². The zero-order chi connectivity index (χ0) is 6.15. The topological polar surface area (TPSA) is 58.2 Å². The van der Waals surface area contributed by atoms with Gasteiger partial charge in [0.25, 0.3) is 0 Å². The van der Waals surface area contributed by atoms with E-state index < -0.39 is 16.2 Å². The Labute approximate surface area is 49.2 Å². The van der Waals surface area contributed by atoms with Gasteiger partial charge in [-0.2, -0.15) is 0 Å². The second-order valence-electron chi connectivity index (χ2n) is 1.54. The van der Waals surface area contributed by atoms with Crippen LogP contribution in [0.25, 0.3) is 0 Å². The van der Waals surface area contributed by atoms with E-state index in [4.69, 9.17) is 0 Å². The fourth-order valence-corrected chi connectivity index (χ4v) is 1.24. The van der Waals surface area contributed by atoms with Crippen LogP contribution in [-0.4, -0.2) is 15.6 Å². The van der Waals surface area contributed by atoms with E-state index in [0.29, 0.717) is 0 Å². The van der Waals surface area contributed by atoms with Crippen LogP contribution in [-0.2, 0) is 11.0 Å². The summed E-state index contributed by atoms with van der Waals surface area (Å²) in [7, 11) is -1.50. The molecule has 2 unspecified atom stereocenters. The average molecular weight is 134 g/mol. The molecule has 1 saturated heterocycles. The highest BCUT2D eigenvalue weighted by Crippen LogP contribution is 1.91. The fourth-order valence-electron chi connectivity index (χ4n) is 0.474. The van der Waals surface area contributed by atoms with Crippen molar-refractivity contribution in [3.8, 4) is 0 Å². The van der Waals surface area contributed by atoms with Crippen LogP contribution in [0.5, 0.6) is 0 Å². The molecular weight excluding hydrogens is 128 g/mol.